The zero-order valence-corrected chi connectivity index (χ0v) is 11.0. The van der Waals surface area contributed by atoms with Crippen molar-refractivity contribution in [3.8, 4) is 0 Å². The average Bonchev–Trinajstić information content (AvgIpc) is 2.39. The maximum absolute atomic E-state index is 12.2. The van der Waals surface area contributed by atoms with E-state index in [1.807, 2.05) is 30.3 Å². The van der Waals surface area contributed by atoms with Crippen LogP contribution >= 0.6 is 0 Å². The van der Waals surface area contributed by atoms with Crippen molar-refractivity contribution in [3.05, 3.63) is 35.9 Å². The van der Waals surface area contributed by atoms with Gasteiger partial charge in [-0.2, -0.15) is 0 Å². The van der Waals surface area contributed by atoms with Gasteiger partial charge in [0.1, 0.15) is 6.04 Å². The molecule has 0 saturated heterocycles. The van der Waals surface area contributed by atoms with E-state index in [9.17, 15) is 4.79 Å². The van der Waals surface area contributed by atoms with Crippen LogP contribution in [0, 0.1) is 0 Å². The molecule has 3 N–H and O–H groups in total. The lowest BCUT2D eigenvalue weighted by molar-refractivity contribution is -0.124. The van der Waals surface area contributed by atoms with Crippen molar-refractivity contribution in [3.63, 3.8) is 0 Å². The molecule has 0 bridgehead atoms. The Labute approximate surface area is 109 Å². The van der Waals surface area contributed by atoms with Gasteiger partial charge in [0.2, 0.25) is 5.91 Å². The highest BCUT2D eigenvalue weighted by Crippen LogP contribution is 2.28. The summed E-state index contributed by atoms with van der Waals surface area (Å²) in [5, 5.41) is 3.13. The van der Waals surface area contributed by atoms with Crippen LogP contribution in [0.3, 0.4) is 0 Å². The van der Waals surface area contributed by atoms with Gasteiger partial charge in [0.25, 0.3) is 0 Å². The zero-order valence-electron chi connectivity index (χ0n) is 11.0. The minimum Gasteiger partial charge on any atom is -0.349 e. The minimum atomic E-state index is -0.565. The molecule has 1 aromatic carbocycles. The summed E-state index contributed by atoms with van der Waals surface area (Å²) in [5.74, 6) is -0.0643. The smallest absolute Gasteiger partial charge is 0.241 e. The van der Waals surface area contributed by atoms with Crippen molar-refractivity contribution in [2.24, 2.45) is 5.73 Å². The second-order valence-corrected chi connectivity index (χ2v) is 5.50. The van der Waals surface area contributed by atoms with Crippen LogP contribution in [0.2, 0.25) is 0 Å². The molecule has 1 aliphatic rings. The molecule has 2 rings (SSSR count). The first-order valence-electron chi connectivity index (χ1n) is 6.73. The Morgan fingerprint density at radius 3 is 2.44 bits per heavy atom. The molecule has 3 nitrogen and oxygen atoms in total. The molecule has 1 saturated carbocycles. The highest BCUT2D eigenvalue weighted by molar-refractivity contribution is 5.83. The molecular formula is C15H22N2O. The maximum Gasteiger partial charge on any atom is 0.241 e. The van der Waals surface area contributed by atoms with Gasteiger partial charge >= 0.3 is 0 Å². The van der Waals surface area contributed by atoms with E-state index in [1.54, 1.807) is 0 Å². The van der Waals surface area contributed by atoms with Crippen molar-refractivity contribution in [2.75, 3.05) is 0 Å². The maximum atomic E-state index is 12.2. The number of benzene rings is 1. The normalized spacial score (nSPS) is 20.1. The van der Waals surface area contributed by atoms with Crippen LogP contribution in [0.1, 0.15) is 50.6 Å². The lowest BCUT2D eigenvalue weighted by Crippen LogP contribution is -2.50. The lowest BCUT2D eigenvalue weighted by atomic mass is 9.83. The quantitative estimate of drug-likeness (QED) is 0.861. The minimum absolute atomic E-state index is 0.0643. The Hall–Kier alpha value is -1.35. The molecule has 18 heavy (non-hydrogen) atoms. The van der Waals surface area contributed by atoms with E-state index in [0.717, 1.165) is 18.4 Å². The number of nitrogens with two attached hydrogens (primary N) is 1. The fraction of sp³-hybridized carbons (Fsp3) is 0.533. The topological polar surface area (TPSA) is 55.1 Å². The molecule has 0 heterocycles. The molecule has 1 atom stereocenters. The average molecular weight is 246 g/mol. The van der Waals surface area contributed by atoms with Crippen molar-refractivity contribution in [1.82, 2.24) is 5.32 Å². The highest BCUT2D eigenvalue weighted by Gasteiger charge is 2.30. The van der Waals surface area contributed by atoms with E-state index in [0.29, 0.717) is 0 Å². The Kier molecular flexibility index (Phi) is 4.02. The first kappa shape index (κ1) is 13.1. The van der Waals surface area contributed by atoms with E-state index in [4.69, 9.17) is 5.73 Å². The molecule has 0 radical (unpaired) electrons. The Balaban J connectivity index is 1.99. The number of carbonyl (C=O) groups is 1. The van der Waals surface area contributed by atoms with Crippen LogP contribution in [-0.4, -0.2) is 11.4 Å². The molecule has 0 aliphatic heterocycles. The number of carbonyl (C=O) groups excluding carboxylic acids is 1. The summed E-state index contributed by atoms with van der Waals surface area (Å²) >= 11 is 0. The summed E-state index contributed by atoms with van der Waals surface area (Å²) in [6.07, 6.45) is 5.77. The molecule has 98 valence electrons. The molecule has 0 aromatic heterocycles. The van der Waals surface area contributed by atoms with Crippen LogP contribution in [-0.2, 0) is 4.79 Å². The van der Waals surface area contributed by atoms with Gasteiger partial charge in [-0.25, -0.2) is 0 Å². The Bertz CT molecular complexity index is 396. The molecule has 1 aromatic rings. The van der Waals surface area contributed by atoms with Crippen LogP contribution in [0.25, 0.3) is 0 Å². The molecule has 0 unspecified atom stereocenters. The van der Waals surface area contributed by atoms with Crippen LogP contribution in [0.15, 0.2) is 30.3 Å². The standard InChI is InChI=1S/C15H22N2O/c1-15(10-6-3-7-11-15)17-14(18)13(16)12-8-4-2-5-9-12/h2,4-5,8-9,13H,3,6-7,10-11,16H2,1H3,(H,17,18)/t13-/m0/s1. The summed E-state index contributed by atoms with van der Waals surface area (Å²) in [4.78, 5) is 12.2. The van der Waals surface area contributed by atoms with E-state index in [-0.39, 0.29) is 11.4 Å². The van der Waals surface area contributed by atoms with Crippen molar-refractivity contribution >= 4 is 5.91 Å². The van der Waals surface area contributed by atoms with Gasteiger partial charge in [-0.1, -0.05) is 49.6 Å². The van der Waals surface area contributed by atoms with Crippen molar-refractivity contribution in [1.29, 1.82) is 0 Å². The van der Waals surface area contributed by atoms with Gasteiger partial charge in [-0.3, -0.25) is 4.79 Å². The summed E-state index contributed by atoms with van der Waals surface area (Å²) in [6, 6.07) is 8.97. The number of rotatable bonds is 3. The molecular weight excluding hydrogens is 224 g/mol. The van der Waals surface area contributed by atoms with Gasteiger partial charge in [0.15, 0.2) is 0 Å². The van der Waals surface area contributed by atoms with E-state index in [2.05, 4.69) is 12.2 Å². The predicted octanol–water partition coefficient (Wildman–Crippen LogP) is 2.53. The summed E-state index contributed by atoms with van der Waals surface area (Å²) in [7, 11) is 0. The third kappa shape index (κ3) is 3.10. The van der Waals surface area contributed by atoms with Crippen LogP contribution < -0.4 is 11.1 Å². The van der Waals surface area contributed by atoms with Crippen LogP contribution in [0.4, 0.5) is 0 Å². The Morgan fingerprint density at radius 2 is 1.83 bits per heavy atom. The fourth-order valence-electron chi connectivity index (χ4n) is 2.64. The van der Waals surface area contributed by atoms with Gasteiger partial charge in [-0.05, 0) is 25.3 Å². The van der Waals surface area contributed by atoms with Crippen molar-refractivity contribution < 1.29 is 4.79 Å². The van der Waals surface area contributed by atoms with Crippen molar-refractivity contribution in [2.45, 2.75) is 50.6 Å². The Morgan fingerprint density at radius 1 is 1.22 bits per heavy atom. The SMILES string of the molecule is CC1(NC(=O)[C@@H](N)c2ccccc2)CCCCC1. The first-order valence-corrected chi connectivity index (χ1v) is 6.73. The third-order valence-electron chi connectivity index (χ3n) is 3.82. The third-order valence-corrected chi connectivity index (χ3v) is 3.82. The lowest BCUT2D eigenvalue weighted by Gasteiger charge is -2.35. The van der Waals surface area contributed by atoms with E-state index < -0.39 is 6.04 Å². The number of hydrogen-bond acceptors (Lipinski definition) is 2. The summed E-state index contributed by atoms with van der Waals surface area (Å²) in [5.41, 5.74) is 6.80. The number of amides is 1. The largest absolute Gasteiger partial charge is 0.349 e. The fourth-order valence-corrected chi connectivity index (χ4v) is 2.64. The zero-order chi connectivity index (χ0) is 13.0. The monoisotopic (exact) mass is 246 g/mol. The number of nitrogens with one attached hydrogen (secondary N) is 1. The molecule has 3 heteroatoms. The molecule has 1 aliphatic carbocycles. The predicted molar refractivity (Wildman–Crippen MR) is 73.0 cm³/mol. The highest BCUT2D eigenvalue weighted by atomic mass is 16.2. The van der Waals surface area contributed by atoms with E-state index in [1.165, 1.54) is 19.3 Å². The second kappa shape index (κ2) is 5.53. The summed E-state index contributed by atoms with van der Waals surface area (Å²) < 4.78 is 0. The summed E-state index contributed by atoms with van der Waals surface area (Å²) in [6.45, 7) is 2.13. The second-order valence-electron chi connectivity index (χ2n) is 5.50. The van der Waals surface area contributed by atoms with Gasteiger partial charge in [0.05, 0.1) is 0 Å². The molecule has 1 fully saturated rings. The van der Waals surface area contributed by atoms with Gasteiger partial charge in [0, 0.05) is 5.54 Å². The van der Waals surface area contributed by atoms with Gasteiger partial charge < -0.3 is 11.1 Å². The van der Waals surface area contributed by atoms with E-state index >= 15 is 0 Å². The number of hydrogen-bond donors (Lipinski definition) is 2. The molecule has 1 amide bonds. The van der Waals surface area contributed by atoms with Gasteiger partial charge in [-0.15, -0.1) is 0 Å². The first-order chi connectivity index (χ1) is 8.61. The molecule has 0 spiro atoms. The van der Waals surface area contributed by atoms with Crippen LogP contribution in [0.5, 0.6) is 0 Å².